The molecule has 7 heteroatoms. The molecular weight excluding hydrogens is 402 g/mol. The van der Waals surface area contributed by atoms with Crippen LogP contribution < -0.4 is 5.32 Å². The third kappa shape index (κ3) is 4.62. The first-order chi connectivity index (χ1) is 15.8. The number of carbonyl (C=O) groups excluding carboxylic acids is 1. The zero-order chi connectivity index (χ0) is 21.8. The van der Waals surface area contributed by atoms with E-state index in [1.165, 1.54) is 0 Å². The smallest absolute Gasteiger partial charge is 0.251 e. The molecule has 1 aromatic carbocycles. The minimum absolute atomic E-state index is 0.138. The van der Waals surface area contributed by atoms with Crippen LogP contribution in [0.25, 0.3) is 11.3 Å². The fraction of sp³-hybridized carbons (Fsp3) is 0.360. The average molecular weight is 430 g/mol. The maximum Gasteiger partial charge on any atom is 0.251 e. The molecule has 1 amide bonds. The summed E-state index contributed by atoms with van der Waals surface area (Å²) in [5, 5.41) is 3.41. The molecule has 0 aliphatic carbocycles. The van der Waals surface area contributed by atoms with Gasteiger partial charge in [0.2, 0.25) is 0 Å². The minimum atomic E-state index is -0.250. The van der Waals surface area contributed by atoms with Crippen molar-refractivity contribution >= 4 is 17.4 Å². The normalized spacial score (nSPS) is 19.1. The van der Waals surface area contributed by atoms with Gasteiger partial charge in [-0.05, 0) is 49.9 Å². The van der Waals surface area contributed by atoms with E-state index in [9.17, 15) is 4.79 Å². The van der Waals surface area contributed by atoms with Crippen molar-refractivity contribution in [2.24, 2.45) is 0 Å². The van der Waals surface area contributed by atoms with Gasteiger partial charge in [-0.3, -0.25) is 9.78 Å². The van der Waals surface area contributed by atoms with Crippen molar-refractivity contribution in [3.05, 3.63) is 66.7 Å². The number of aromatic nitrogens is 3. The summed E-state index contributed by atoms with van der Waals surface area (Å²) in [6, 6.07) is 15.9. The van der Waals surface area contributed by atoms with Gasteiger partial charge in [-0.1, -0.05) is 18.2 Å². The number of benzene rings is 1. The Morgan fingerprint density at radius 2 is 1.78 bits per heavy atom. The van der Waals surface area contributed by atoms with Crippen LogP contribution in [-0.2, 0) is 9.53 Å². The van der Waals surface area contributed by atoms with Crippen LogP contribution in [0.1, 0.15) is 37.4 Å². The number of nitrogens with one attached hydrogen (secondary N) is 1. The number of pyridine rings is 1. The fourth-order valence-electron chi connectivity index (χ4n) is 4.39. The van der Waals surface area contributed by atoms with Crippen LogP contribution >= 0.6 is 0 Å². The van der Waals surface area contributed by atoms with Crippen molar-refractivity contribution in [1.82, 2.24) is 19.9 Å². The third-order valence-electron chi connectivity index (χ3n) is 6.14. The second-order valence-corrected chi connectivity index (χ2v) is 8.32. The quantitative estimate of drug-likeness (QED) is 0.656. The van der Waals surface area contributed by atoms with E-state index in [1.807, 2.05) is 53.4 Å². The van der Waals surface area contributed by atoms with Crippen molar-refractivity contribution in [2.75, 3.05) is 25.0 Å². The molecule has 2 fully saturated rings. The summed E-state index contributed by atoms with van der Waals surface area (Å²) in [7, 11) is 0. The zero-order valence-corrected chi connectivity index (χ0v) is 18.0. The van der Waals surface area contributed by atoms with E-state index >= 15 is 0 Å². The van der Waals surface area contributed by atoms with Crippen LogP contribution in [0.3, 0.4) is 0 Å². The minimum Gasteiger partial charge on any atom is -0.368 e. The molecule has 0 saturated carbocycles. The predicted molar refractivity (Wildman–Crippen MR) is 123 cm³/mol. The van der Waals surface area contributed by atoms with Gasteiger partial charge in [0, 0.05) is 55.3 Å². The molecule has 164 valence electrons. The molecule has 1 N–H and O–H groups in total. The molecule has 2 aromatic heterocycles. The standard InChI is InChI=1S/C25H27N5O2/c31-25(22-7-4-16-32-22)30-14-10-19(11-15-30)24-28-21(18-8-12-26-13-9-18)17-23(29-24)27-20-5-2-1-3-6-20/h1-3,5-6,8-9,12-13,17,19,22H,4,7,10-11,14-16H2,(H,27,28,29). The lowest BCUT2D eigenvalue weighted by Crippen LogP contribution is -2.43. The van der Waals surface area contributed by atoms with Gasteiger partial charge < -0.3 is 15.0 Å². The number of nitrogens with zero attached hydrogens (tertiary/aromatic N) is 4. The van der Waals surface area contributed by atoms with E-state index in [4.69, 9.17) is 14.7 Å². The molecule has 3 aromatic rings. The van der Waals surface area contributed by atoms with Crippen molar-refractivity contribution in [3.63, 3.8) is 0 Å². The Hall–Kier alpha value is -3.32. The molecule has 1 atom stereocenters. The maximum atomic E-state index is 12.7. The Morgan fingerprint density at radius 1 is 1.00 bits per heavy atom. The van der Waals surface area contributed by atoms with Gasteiger partial charge in [0.15, 0.2) is 0 Å². The number of anilines is 2. The predicted octanol–water partition coefficient (Wildman–Crippen LogP) is 4.17. The fourth-order valence-corrected chi connectivity index (χ4v) is 4.39. The summed E-state index contributed by atoms with van der Waals surface area (Å²) in [5.74, 6) is 1.94. The number of para-hydroxylation sites is 1. The first kappa shape index (κ1) is 20.6. The van der Waals surface area contributed by atoms with Gasteiger partial charge in [-0.2, -0.15) is 0 Å². The number of ether oxygens (including phenoxy) is 1. The highest BCUT2D eigenvalue weighted by Crippen LogP contribution is 2.30. The van der Waals surface area contributed by atoms with Gasteiger partial charge in [0.25, 0.3) is 5.91 Å². The molecule has 4 heterocycles. The third-order valence-corrected chi connectivity index (χ3v) is 6.14. The lowest BCUT2D eigenvalue weighted by atomic mass is 9.95. The van der Waals surface area contributed by atoms with E-state index in [0.29, 0.717) is 19.7 Å². The highest BCUT2D eigenvalue weighted by Gasteiger charge is 2.32. The summed E-state index contributed by atoms with van der Waals surface area (Å²) in [5.41, 5.74) is 2.86. The van der Waals surface area contributed by atoms with Crippen molar-refractivity contribution in [1.29, 1.82) is 0 Å². The van der Waals surface area contributed by atoms with E-state index in [-0.39, 0.29) is 17.9 Å². The van der Waals surface area contributed by atoms with Crippen LogP contribution in [0, 0.1) is 0 Å². The van der Waals surface area contributed by atoms with Crippen LogP contribution in [0.4, 0.5) is 11.5 Å². The van der Waals surface area contributed by atoms with Crippen LogP contribution in [0.5, 0.6) is 0 Å². The summed E-state index contributed by atoms with van der Waals surface area (Å²) in [6.07, 6.45) is 6.81. The molecule has 0 radical (unpaired) electrons. The molecule has 0 spiro atoms. The Morgan fingerprint density at radius 3 is 2.50 bits per heavy atom. The average Bonchev–Trinajstić information content (AvgIpc) is 3.40. The summed E-state index contributed by atoms with van der Waals surface area (Å²) < 4.78 is 5.59. The maximum absolute atomic E-state index is 12.7. The number of hydrogen-bond acceptors (Lipinski definition) is 6. The Bertz CT molecular complexity index is 1050. The first-order valence-electron chi connectivity index (χ1n) is 11.3. The van der Waals surface area contributed by atoms with Crippen LogP contribution in [0.2, 0.25) is 0 Å². The van der Waals surface area contributed by atoms with Gasteiger partial charge in [-0.15, -0.1) is 0 Å². The number of amides is 1. The summed E-state index contributed by atoms with van der Waals surface area (Å²) in [4.78, 5) is 28.5. The lowest BCUT2D eigenvalue weighted by Gasteiger charge is -2.32. The number of carbonyl (C=O) groups is 1. The molecule has 0 bridgehead atoms. The highest BCUT2D eigenvalue weighted by atomic mass is 16.5. The SMILES string of the molecule is O=C(C1CCCO1)N1CCC(c2nc(Nc3ccccc3)cc(-c3ccncc3)n2)CC1. The van der Waals surface area contributed by atoms with E-state index < -0.39 is 0 Å². The van der Waals surface area contributed by atoms with Crippen molar-refractivity contribution < 1.29 is 9.53 Å². The second-order valence-electron chi connectivity index (χ2n) is 8.32. The van der Waals surface area contributed by atoms with Crippen molar-refractivity contribution in [3.8, 4) is 11.3 Å². The van der Waals surface area contributed by atoms with Gasteiger partial charge >= 0.3 is 0 Å². The van der Waals surface area contributed by atoms with Gasteiger partial charge in [0.1, 0.15) is 17.7 Å². The Kier molecular flexibility index (Phi) is 6.07. The molecule has 32 heavy (non-hydrogen) atoms. The zero-order valence-electron chi connectivity index (χ0n) is 18.0. The highest BCUT2D eigenvalue weighted by molar-refractivity contribution is 5.81. The second kappa shape index (κ2) is 9.44. The van der Waals surface area contributed by atoms with E-state index in [0.717, 1.165) is 54.3 Å². The monoisotopic (exact) mass is 429 g/mol. The Balaban J connectivity index is 1.37. The summed E-state index contributed by atoms with van der Waals surface area (Å²) in [6.45, 7) is 2.13. The van der Waals surface area contributed by atoms with Crippen LogP contribution in [0.15, 0.2) is 60.9 Å². The number of rotatable bonds is 5. The molecule has 2 aliphatic rings. The molecule has 5 rings (SSSR count). The van der Waals surface area contributed by atoms with E-state index in [2.05, 4.69) is 10.3 Å². The Labute approximate surface area is 187 Å². The molecule has 1 unspecified atom stereocenters. The van der Waals surface area contributed by atoms with E-state index in [1.54, 1.807) is 12.4 Å². The number of hydrogen-bond donors (Lipinski definition) is 1. The molecule has 2 aliphatic heterocycles. The topological polar surface area (TPSA) is 80.2 Å². The first-order valence-corrected chi connectivity index (χ1v) is 11.3. The molecule has 7 nitrogen and oxygen atoms in total. The largest absolute Gasteiger partial charge is 0.368 e. The van der Waals surface area contributed by atoms with Gasteiger partial charge in [-0.25, -0.2) is 9.97 Å². The molecule has 2 saturated heterocycles. The number of piperidine rings is 1. The van der Waals surface area contributed by atoms with Crippen LogP contribution in [-0.4, -0.2) is 51.6 Å². The van der Waals surface area contributed by atoms with Gasteiger partial charge in [0.05, 0.1) is 5.69 Å². The van der Waals surface area contributed by atoms with Crippen molar-refractivity contribution in [2.45, 2.75) is 37.7 Å². The summed E-state index contributed by atoms with van der Waals surface area (Å²) >= 11 is 0. The lowest BCUT2D eigenvalue weighted by molar-refractivity contribution is -0.142. The molecular formula is C25H27N5O2. The number of likely N-dealkylation sites (tertiary alicyclic amines) is 1.